The molecule has 17 heavy (non-hydrogen) atoms. The van der Waals surface area contributed by atoms with Gasteiger partial charge < -0.3 is 20.9 Å². The van der Waals surface area contributed by atoms with Gasteiger partial charge in [-0.15, -0.1) is 0 Å². The van der Waals surface area contributed by atoms with E-state index < -0.39 is 12.1 Å². The van der Waals surface area contributed by atoms with Crippen LogP contribution in [0, 0.1) is 0 Å². The lowest BCUT2D eigenvalue weighted by molar-refractivity contribution is -0.118. The summed E-state index contributed by atoms with van der Waals surface area (Å²) in [6.45, 7) is 1.79. The number of carbonyl (C=O) groups excluding carboxylic acids is 1. The first-order valence-corrected chi connectivity index (χ1v) is 5.38. The second-order valence-electron chi connectivity index (χ2n) is 3.81. The number of anilines is 1. The Labute approximate surface area is 101 Å². The molecule has 1 aromatic carbocycles. The van der Waals surface area contributed by atoms with E-state index in [2.05, 4.69) is 5.32 Å². The Morgan fingerprint density at radius 3 is 2.76 bits per heavy atom. The van der Waals surface area contributed by atoms with Crippen molar-refractivity contribution in [3.8, 4) is 0 Å². The molecular weight excluding hydrogens is 220 g/mol. The fourth-order valence-corrected chi connectivity index (χ4v) is 1.46. The summed E-state index contributed by atoms with van der Waals surface area (Å²) < 4.78 is 4.80. The molecule has 0 aliphatic rings. The predicted octanol–water partition coefficient (Wildman–Crippen LogP) is 0.652. The van der Waals surface area contributed by atoms with Crippen LogP contribution in [0.1, 0.15) is 18.6 Å². The molecule has 5 nitrogen and oxygen atoms in total. The third kappa shape index (κ3) is 3.81. The number of rotatable bonds is 5. The molecule has 4 N–H and O–H groups in total. The van der Waals surface area contributed by atoms with Crippen LogP contribution in [0.25, 0.3) is 0 Å². The molecule has 0 fully saturated rings. The fraction of sp³-hybridized carbons (Fsp3) is 0.417. The number of aliphatic hydroxyl groups excluding tert-OH is 1. The summed E-state index contributed by atoms with van der Waals surface area (Å²) in [5.41, 5.74) is 6.83. The second-order valence-corrected chi connectivity index (χ2v) is 3.81. The van der Waals surface area contributed by atoms with E-state index in [-0.39, 0.29) is 12.5 Å². The van der Waals surface area contributed by atoms with E-state index in [1.165, 1.54) is 7.11 Å². The van der Waals surface area contributed by atoms with Gasteiger partial charge in [-0.1, -0.05) is 18.2 Å². The number of para-hydroxylation sites is 1. The number of hydrogen-bond acceptors (Lipinski definition) is 4. The van der Waals surface area contributed by atoms with Crippen LogP contribution < -0.4 is 11.1 Å². The highest BCUT2D eigenvalue weighted by Gasteiger charge is 2.15. The molecule has 0 aliphatic carbocycles. The minimum atomic E-state index is -0.720. The van der Waals surface area contributed by atoms with E-state index in [0.29, 0.717) is 11.3 Å². The summed E-state index contributed by atoms with van der Waals surface area (Å²) in [6, 6.07) is 6.33. The highest BCUT2D eigenvalue weighted by molar-refractivity contribution is 5.95. The molecule has 5 heteroatoms. The molecule has 2 unspecified atom stereocenters. The molecule has 0 bridgehead atoms. The van der Waals surface area contributed by atoms with E-state index in [1.54, 1.807) is 31.2 Å². The van der Waals surface area contributed by atoms with Gasteiger partial charge in [-0.05, 0) is 13.0 Å². The number of aliphatic hydroxyl groups is 1. The Balaban J connectivity index is 2.77. The molecular formula is C12H18N2O3. The zero-order chi connectivity index (χ0) is 12.8. The van der Waals surface area contributed by atoms with Gasteiger partial charge in [0.2, 0.25) is 5.91 Å². The molecule has 1 aromatic rings. The summed E-state index contributed by atoms with van der Waals surface area (Å²) in [5.74, 6) is -0.333. The Bertz CT molecular complexity index is 380. The summed E-state index contributed by atoms with van der Waals surface area (Å²) in [5, 5.41) is 12.2. The van der Waals surface area contributed by atoms with Crippen LogP contribution in [0.5, 0.6) is 0 Å². The maximum absolute atomic E-state index is 11.7. The van der Waals surface area contributed by atoms with E-state index in [4.69, 9.17) is 10.5 Å². The molecule has 0 heterocycles. The smallest absolute Gasteiger partial charge is 0.243 e. The van der Waals surface area contributed by atoms with Crippen molar-refractivity contribution in [2.75, 3.05) is 19.0 Å². The molecule has 2 atom stereocenters. The van der Waals surface area contributed by atoms with Gasteiger partial charge in [-0.2, -0.15) is 0 Å². The molecule has 0 spiro atoms. The van der Waals surface area contributed by atoms with Crippen LogP contribution in [-0.2, 0) is 9.53 Å². The molecule has 0 radical (unpaired) electrons. The Kier molecular flexibility index (Phi) is 5.09. The van der Waals surface area contributed by atoms with E-state index in [0.717, 1.165) is 0 Å². The van der Waals surface area contributed by atoms with E-state index in [1.807, 2.05) is 0 Å². The lowest BCUT2D eigenvalue weighted by atomic mass is 10.1. The average molecular weight is 238 g/mol. The summed E-state index contributed by atoms with van der Waals surface area (Å²) in [7, 11) is 1.48. The molecule has 94 valence electrons. The maximum Gasteiger partial charge on any atom is 0.243 e. The second kappa shape index (κ2) is 6.34. The van der Waals surface area contributed by atoms with Crippen molar-refractivity contribution in [3.63, 3.8) is 0 Å². The number of nitrogens with two attached hydrogens (primary N) is 1. The van der Waals surface area contributed by atoms with E-state index >= 15 is 0 Å². The number of amides is 1. The molecule has 0 aliphatic heterocycles. The fourth-order valence-electron chi connectivity index (χ4n) is 1.46. The van der Waals surface area contributed by atoms with Crippen molar-refractivity contribution in [1.82, 2.24) is 0 Å². The van der Waals surface area contributed by atoms with Crippen molar-refractivity contribution in [1.29, 1.82) is 0 Å². The average Bonchev–Trinajstić information content (AvgIpc) is 2.29. The standard InChI is InChI=1S/C12H18N2O3/c1-8(15)9-5-3-4-6-11(9)14-12(16)10(13)7-17-2/h3-6,8,10,15H,7,13H2,1-2H3,(H,14,16). The Morgan fingerprint density at radius 2 is 2.18 bits per heavy atom. The van der Waals surface area contributed by atoms with Gasteiger partial charge in [0, 0.05) is 18.4 Å². The van der Waals surface area contributed by atoms with Crippen LogP contribution in [0.15, 0.2) is 24.3 Å². The lowest BCUT2D eigenvalue weighted by Crippen LogP contribution is -2.39. The minimum absolute atomic E-state index is 0.155. The number of nitrogens with one attached hydrogen (secondary N) is 1. The van der Waals surface area contributed by atoms with Gasteiger partial charge in [-0.3, -0.25) is 4.79 Å². The summed E-state index contributed by atoms with van der Waals surface area (Å²) >= 11 is 0. The van der Waals surface area contributed by atoms with Crippen LogP contribution in [0.4, 0.5) is 5.69 Å². The quantitative estimate of drug-likeness (QED) is 0.703. The van der Waals surface area contributed by atoms with Gasteiger partial charge in [0.1, 0.15) is 6.04 Å². The van der Waals surface area contributed by atoms with Gasteiger partial charge >= 0.3 is 0 Å². The van der Waals surface area contributed by atoms with Crippen molar-refractivity contribution in [2.24, 2.45) is 5.73 Å². The monoisotopic (exact) mass is 238 g/mol. The van der Waals surface area contributed by atoms with E-state index in [9.17, 15) is 9.90 Å². The first kappa shape index (κ1) is 13.6. The highest BCUT2D eigenvalue weighted by atomic mass is 16.5. The molecule has 1 amide bonds. The maximum atomic E-state index is 11.7. The lowest BCUT2D eigenvalue weighted by Gasteiger charge is -2.15. The van der Waals surface area contributed by atoms with Gasteiger partial charge in [0.05, 0.1) is 12.7 Å². The van der Waals surface area contributed by atoms with Gasteiger partial charge in [-0.25, -0.2) is 0 Å². The zero-order valence-corrected chi connectivity index (χ0v) is 10.0. The first-order valence-electron chi connectivity index (χ1n) is 5.38. The normalized spacial score (nSPS) is 14.1. The van der Waals surface area contributed by atoms with Crippen LogP contribution >= 0.6 is 0 Å². The van der Waals surface area contributed by atoms with Crippen LogP contribution in [0.2, 0.25) is 0 Å². The van der Waals surface area contributed by atoms with Crippen molar-refractivity contribution in [2.45, 2.75) is 19.1 Å². The van der Waals surface area contributed by atoms with Crippen LogP contribution in [0.3, 0.4) is 0 Å². The Hall–Kier alpha value is -1.43. The van der Waals surface area contributed by atoms with Crippen molar-refractivity contribution >= 4 is 11.6 Å². The minimum Gasteiger partial charge on any atom is -0.389 e. The predicted molar refractivity (Wildman–Crippen MR) is 65.6 cm³/mol. The first-order chi connectivity index (χ1) is 8.06. The van der Waals surface area contributed by atoms with Crippen molar-refractivity contribution < 1.29 is 14.6 Å². The molecule has 1 rings (SSSR count). The van der Waals surface area contributed by atoms with Gasteiger partial charge in [0.25, 0.3) is 0 Å². The molecule has 0 saturated heterocycles. The summed E-state index contributed by atoms with van der Waals surface area (Å²) in [4.78, 5) is 11.7. The number of hydrogen-bond donors (Lipinski definition) is 3. The van der Waals surface area contributed by atoms with Crippen molar-refractivity contribution in [3.05, 3.63) is 29.8 Å². The molecule has 0 saturated carbocycles. The topological polar surface area (TPSA) is 84.6 Å². The van der Waals surface area contributed by atoms with Crippen LogP contribution in [-0.4, -0.2) is 30.8 Å². The highest BCUT2D eigenvalue weighted by Crippen LogP contribution is 2.22. The number of ether oxygens (including phenoxy) is 1. The summed E-state index contributed by atoms with van der Waals surface area (Å²) in [6.07, 6.45) is -0.648. The molecule has 0 aromatic heterocycles. The Morgan fingerprint density at radius 1 is 1.53 bits per heavy atom. The third-order valence-corrected chi connectivity index (χ3v) is 2.35. The van der Waals surface area contributed by atoms with Gasteiger partial charge in [0.15, 0.2) is 0 Å². The largest absolute Gasteiger partial charge is 0.389 e. The third-order valence-electron chi connectivity index (χ3n) is 2.35. The number of benzene rings is 1. The number of carbonyl (C=O) groups is 1. The number of methoxy groups -OCH3 is 1. The zero-order valence-electron chi connectivity index (χ0n) is 10.0. The SMILES string of the molecule is COCC(N)C(=O)Nc1ccccc1C(C)O.